The number of hydrogen-bond acceptors (Lipinski definition) is 7. The number of carboxylic acids is 1. The lowest BCUT2D eigenvalue weighted by molar-refractivity contribution is 0.0698. The Kier molecular flexibility index (Phi) is 3.21. The van der Waals surface area contributed by atoms with Gasteiger partial charge in [0, 0.05) is 18.8 Å². The van der Waals surface area contributed by atoms with Gasteiger partial charge in [0.2, 0.25) is 0 Å². The van der Waals surface area contributed by atoms with E-state index < -0.39 is 5.97 Å². The van der Waals surface area contributed by atoms with Crippen LogP contribution in [0, 0.1) is 0 Å². The second-order valence-corrected chi connectivity index (χ2v) is 5.38. The molecule has 4 rings (SSSR count). The van der Waals surface area contributed by atoms with Crippen LogP contribution in [0.1, 0.15) is 10.4 Å². The van der Waals surface area contributed by atoms with Crippen LogP contribution in [-0.4, -0.2) is 35.9 Å². The van der Waals surface area contributed by atoms with Crippen molar-refractivity contribution < 1.29 is 14.5 Å². The van der Waals surface area contributed by atoms with E-state index in [1.807, 2.05) is 30.3 Å². The standard InChI is InChI=1S/C16H12N6O3/c1-22-13-9(16(23)24)7-18-10(8-5-3-2-4-6-8)11(13)19-15(22)12-14(17)21-25-20-12/h2-7H,1H3,(H2,17,21)(H,23,24). The molecule has 0 saturated carbocycles. The van der Waals surface area contributed by atoms with Crippen LogP contribution in [0.2, 0.25) is 0 Å². The van der Waals surface area contributed by atoms with Crippen molar-refractivity contribution in [2.75, 3.05) is 5.73 Å². The fraction of sp³-hybridized carbons (Fsp3) is 0.0625. The highest BCUT2D eigenvalue weighted by Gasteiger charge is 2.24. The lowest BCUT2D eigenvalue weighted by Gasteiger charge is -2.05. The maximum absolute atomic E-state index is 11.6. The summed E-state index contributed by atoms with van der Waals surface area (Å²) in [6.07, 6.45) is 1.32. The van der Waals surface area contributed by atoms with Gasteiger partial charge >= 0.3 is 5.97 Å². The Balaban J connectivity index is 2.09. The monoisotopic (exact) mass is 336 g/mol. The Morgan fingerprint density at radius 3 is 2.60 bits per heavy atom. The van der Waals surface area contributed by atoms with Gasteiger partial charge in [-0.3, -0.25) is 4.98 Å². The second kappa shape index (κ2) is 5.41. The number of nitrogens with two attached hydrogens (primary N) is 1. The molecule has 3 heterocycles. The number of carbonyl (C=O) groups is 1. The van der Waals surface area contributed by atoms with E-state index in [-0.39, 0.29) is 17.1 Å². The molecular formula is C16H12N6O3. The number of hydrogen-bond donors (Lipinski definition) is 2. The molecular weight excluding hydrogens is 324 g/mol. The highest BCUT2D eigenvalue weighted by Crippen LogP contribution is 2.32. The quantitative estimate of drug-likeness (QED) is 0.580. The minimum absolute atomic E-state index is 0.0333. The van der Waals surface area contributed by atoms with Gasteiger partial charge in [0.05, 0.1) is 11.2 Å². The molecule has 3 N–H and O–H groups in total. The SMILES string of the molecule is Cn1c(-c2nonc2N)nc2c(-c3ccccc3)ncc(C(=O)O)c21. The van der Waals surface area contributed by atoms with Gasteiger partial charge in [-0.1, -0.05) is 30.3 Å². The van der Waals surface area contributed by atoms with E-state index >= 15 is 0 Å². The largest absolute Gasteiger partial charge is 0.478 e. The Hall–Kier alpha value is -3.75. The number of pyridine rings is 1. The van der Waals surface area contributed by atoms with E-state index in [0.717, 1.165) is 5.56 Å². The Morgan fingerprint density at radius 1 is 1.20 bits per heavy atom. The molecule has 124 valence electrons. The van der Waals surface area contributed by atoms with Crippen LogP contribution in [0.25, 0.3) is 33.8 Å². The van der Waals surface area contributed by atoms with Crippen molar-refractivity contribution in [1.29, 1.82) is 0 Å². The van der Waals surface area contributed by atoms with Crippen molar-refractivity contribution in [1.82, 2.24) is 24.8 Å². The molecule has 9 heteroatoms. The summed E-state index contributed by atoms with van der Waals surface area (Å²) < 4.78 is 6.23. The highest BCUT2D eigenvalue weighted by atomic mass is 16.6. The number of benzene rings is 1. The predicted molar refractivity (Wildman–Crippen MR) is 88.6 cm³/mol. The molecule has 25 heavy (non-hydrogen) atoms. The molecule has 0 atom stereocenters. The summed E-state index contributed by atoms with van der Waals surface area (Å²) in [5.41, 5.74) is 8.27. The molecule has 0 aliphatic heterocycles. The minimum Gasteiger partial charge on any atom is -0.478 e. The number of fused-ring (bicyclic) bond motifs is 1. The first-order valence-corrected chi connectivity index (χ1v) is 7.30. The third-order valence-electron chi connectivity index (χ3n) is 3.90. The third kappa shape index (κ3) is 2.21. The summed E-state index contributed by atoms with van der Waals surface area (Å²) in [6, 6.07) is 9.39. The van der Waals surface area contributed by atoms with Crippen LogP contribution >= 0.6 is 0 Å². The summed E-state index contributed by atoms with van der Waals surface area (Å²) >= 11 is 0. The average molecular weight is 336 g/mol. The number of rotatable bonds is 3. The van der Waals surface area contributed by atoms with E-state index in [1.54, 1.807) is 11.6 Å². The molecule has 0 aliphatic carbocycles. The van der Waals surface area contributed by atoms with Crippen LogP contribution in [0.4, 0.5) is 5.82 Å². The van der Waals surface area contributed by atoms with E-state index in [9.17, 15) is 9.90 Å². The second-order valence-electron chi connectivity index (χ2n) is 5.38. The molecule has 4 aromatic rings. The van der Waals surface area contributed by atoms with Gasteiger partial charge < -0.3 is 15.4 Å². The number of nitrogen functional groups attached to an aromatic ring is 1. The molecule has 0 unspecified atom stereocenters. The average Bonchev–Trinajstić information content (AvgIpc) is 3.18. The Labute approximate surface area is 140 Å². The molecule has 0 fully saturated rings. The first-order valence-electron chi connectivity index (χ1n) is 7.30. The van der Waals surface area contributed by atoms with Crippen LogP contribution in [0.5, 0.6) is 0 Å². The van der Waals surface area contributed by atoms with Gasteiger partial charge in [-0.25, -0.2) is 14.4 Å². The van der Waals surface area contributed by atoms with Gasteiger partial charge in [-0.2, -0.15) is 0 Å². The summed E-state index contributed by atoms with van der Waals surface area (Å²) in [5, 5.41) is 16.8. The van der Waals surface area contributed by atoms with E-state index in [4.69, 9.17) is 5.73 Å². The molecule has 0 saturated heterocycles. The van der Waals surface area contributed by atoms with Gasteiger partial charge in [-0.05, 0) is 10.3 Å². The van der Waals surface area contributed by atoms with Crippen LogP contribution in [0.3, 0.4) is 0 Å². The number of carboxylic acid groups (broad SMARTS) is 1. The lowest BCUT2D eigenvalue weighted by Crippen LogP contribution is -2.03. The number of nitrogens with zero attached hydrogens (tertiary/aromatic N) is 5. The molecule has 0 spiro atoms. The summed E-state index contributed by atoms with van der Waals surface area (Å²) in [6.45, 7) is 0. The number of anilines is 1. The third-order valence-corrected chi connectivity index (χ3v) is 3.90. The van der Waals surface area contributed by atoms with E-state index in [2.05, 4.69) is 24.9 Å². The van der Waals surface area contributed by atoms with Gasteiger partial charge in [0.1, 0.15) is 11.1 Å². The van der Waals surface area contributed by atoms with Crippen molar-refractivity contribution in [2.24, 2.45) is 7.05 Å². The molecule has 0 radical (unpaired) electrons. The molecule has 0 aliphatic rings. The van der Waals surface area contributed by atoms with Crippen molar-refractivity contribution in [2.45, 2.75) is 0 Å². The Bertz CT molecular complexity index is 1100. The number of aryl methyl sites for hydroxylation is 1. The van der Waals surface area contributed by atoms with E-state index in [1.165, 1.54) is 6.20 Å². The normalized spacial score (nSPS) is 11.1. The molecule has 0 amide bonds. The zero-order chi connectivity index (χ0) is 17.6. The van der Waals surface area contributed by atoms with Crippen molar-refractivity contribution in [3.63, 3.8) is 0 Å². The minimum atomic E-state index is -1.10. The van der Waals surface area contributed by atoms with E-state index in [0.29, 0.717) is 22.6 Å². The van der Waals surface area contributed by atoms with Crippen LogP contribution in [-0.2, 0) is 7.05 Å². The van der Waals surface area contributed by atoms with Gasteiger partial charge in [-0.15, -0.1) is 0 Å². The predicted octanol–water partition coefficient (Wildman–Crippen LogP) is 1.97. The molecule has 3 aromatic heterocycles. The molecule has 0 bridgehead atoms. The molecule has 9 nitrogen and oxygen atoms in total. The fourth-order valence-corrected chi connectivity index (χ4v) is 2.75. The lowest BCUT2D eigenvalue weighted by atomic mass is 10.1. The maximum Gasteiger partial charge on any atom is 0.339 e. The van der Waals surface area contributed by atoms with Crippen molar-refractivity contribution in [3.05, 3.63) is 42.1 Å². The maximum atomic E-state index is 11.6. The number of imidazole rings is 1. The fourth-order valence-electron chi connectivity index (χ4n) is 2.75. The topological polar surface area (TPSA) is 133 Å². The zero-order valence-corrected chi connectivity index (χ0v) is 13.0. The van der Waals surface area contributed by atoms with Crippen molar-refractivity contribution >= 4 is 22.8 Å². The van der Waals surface area contributed by atoms with Crippen LogP contribution < -0.4 is 5.73 Å². The van der Waals surface area contributed by atoms with Crippen LogP contribution in [0.15, 0.2) is 41.2 Å². The highest BCUT2D eigenvalue weighted by molar-refractivity contribution is 6.05. The first-order chi connectivity index (χ1) is 12.1. The molecule has 1 aromatic carbocycles. The smallest absolute Gasteiger partial charge is 0.339 e. The van der Waals surface area contributed by atoms with Gasteiger partial charge in [0.15, 0.2) is 17.3 Å². The summed E-state index contributed by atoms with van der Waals surface area (Å²) in [5.74, 6) is -0.677. The van der Waals surface area contributed by atoms with Crippen molar-refractivity contribution in [3.8, 4) is 22.8 Å². The number of aromatic nitrogens is 5. The first kappa shape index (κ1) is 14.8. The summed E-state index contributed by atoms with van der Waals surface area (Å²) in [7, 11) is 1.68. The zero-order valence-electron chi connectivity index (χ0n) is 13.0. The Morgan fingerprint density at radius 2 is 1.96 bits per heavy atom. The summed E-state index contributed by atoms with van der Waals surface area (Å²) in [4.78, 5) is 20.5. The number of aromatic carboxylic acids is 1. The van der Waals surface area contributed by atoms with Gasteiger partial charge in [0.25, 0.3) is 0 Å².